The molecule has 0 aliphatic carbocycles. The van der Waals surface area contributed by atoms with Gasteiger partial charge in [-0.15, -0.1) is 0 Å². The molecular weight excluding hydrogens is 186 g/mol. The lowest BCUT2D eigenvalue weighted by molar-refractivity contribution is -0.129. The van der Waals surface area contributed by atoms with Crippen molar-refractivity contribution in [2.75, 3.05) is 6.61 Å². The zero-order chi connectivity index (χ0) is 10.6. The van der Waals surface area contributed by atoms with Crippen LogP contribution in [0.5, 0.6) is 0 Å². The van der Waals surface area contributed by atoms with E-state index in [1.807, 2.05) is 6.92 Å². The van der Waals surface area contributed by atoms with E-state index >= 15 is 0 Å². The SMILES string of the molecule is CC[C@@H](NC(=O)O)C1CC(=O)CCO1. The maximum absolute atomic E-state index is 11.1. The van der Waals surface area contributed by atoms with Gasteiger partial charge in [0.25, 0.3) is 0 Å². The Balaban J connectivity index is 2.50. The number of ketones is 1. The summed E-state index contributed by atoms with van der Waals surface area (Å²) < 4.78 is 5.36. The Labute approximate surface area is 82.4 Å². The molecule has 0 aromatic rings. The van der Waals surface area contributed by atoms with Gasteiger partial charge in [0.05, 0.1) is 18.8 Å². The molecule has 0 saturated carbocycles. The van der Waals surface area contributed by atoms with Crippen molar-refractivity contribution in [2.24, 2.45) is 0 Å². The molecule has 1 unspecified atom stereocenters. The minimum atomic E-state index is -1.07. The quantitative estimate of drug-likeness (QED) is 0.707. The topological polar surface area (TPSA) is 75.6 Å². The molecule has 2 atom stereocenters. The van der Waals surface area contributed by atoms with E-state index in [1.54, 1.807) is 0 Å². The minimum Gasteiger partial charge on any atom is -0.465 e. The Morgan fingerprint density at radius 1 is 1.79 bits per heavy atom. The molecule has 1 aliphatic rings. The standard InChI is InChI=1S/C9H15NO4/c1-2-7(10-9(12)13)8-5-6(11)3-4-14-8/h7-8,10H,2-5H2,1H3,(H,12,13)/t7-,8?/m1/s1. The molecule has 0 radical (unpaired) electrons. The van der Waals surface area contributed by atoms with E-state index in [9.17, 15) is 9.59 Å². The molecule has 1 saturated heterocycles. The summed E-state index contributed by atoms with van der Waals surface area (Å²) in [6.45, 7) is 2.27. The molecule has 1 heterocycles. The summed E-state index contributed by atoms with van der Waals surface area (Å²) >= 11 is 0. The Morgan fingerprint density at radius 2 is 2.50 bits per heavy atom. The van der Waals surface area contributed by atoms with Gasteiger partial charge in [-0.25, -0.2) is 4.79 Å². The summed E-state index contributed by atoms with van der Waals surface area (Å²) in [7, 11) is 0. The largest absolute Gasteiger partial charge is 0.465 e. The molecule has 5 nitrogen and oxygen atoms in total. The smallest absolute Gasteiger partial charge is 0.404 e. The Kier molecular flexibility index (Phi) is 3.88. The highest BCUT2D eigenvalue weighted by molar-refractivity contribution is 5.79. The Morgan fingerprint density at radius 3 is 3.00 bits per heavy atom. The van der Waals surface area contributed by atoms with E-state index in [0.717, 1.165) is 0 Å². The molecule has 0 aromatic carbocycles. The molecule has 0 bridgehead atoms. The molecule has 1 rings (SSSR count). The Hall–Kier alpha value is -1.10. The van der Waals surface area contributed by atoms with Gasteiger partial charge in [0.1, 0.15) is 5.78 Å². The third-order valence-electron chi connectivity index (χ3n) is 2.34. The van der Waals surface area contributed by atoms with Gasteiger partial charge in [0.2, 0.25) is 0 Å². The molecule has 0 spiro atoms. The summed E-state index contributed by atoms with van der Waals surface area (Å²) in [5.41, 5.74) is 0. The van der Waals surface area contributed by atoms with Crippen LogP contribution >= 0.6 is 0 Å². The summed E-state index contributed by atoms with van der Waals surface area (Å²) in [6, 6.07) is -0.281. The van der Waals surface area contributed by atoms with Crippen molar-refractivity contribution < 1.29 is 19.4 Å². The van der Waals surface area contributed by atoms with Gasteiger partial charge in [-0.3, -0.25) is 4.79 Å². The third-order valence-corrected chi connectivity index (χ3v) is 2.34. The first kappa shape index (κ1) is 11.0. The van der Waals surface area contributed by atoms with Crippen molar-refractivity contribution in [2.45, 2.75) is 38.3 Å². The molecule has 1 amide bonds. The second-order valence-electron chi connectivity index (χ2n) is 3.37. The monoisotopic (exact) mass is 201 g/mol. The second kappa shape index (κ2) is 4.95. The van der Waals surface area contributed by atoms with Gasteiger partial charge in [-0.05, 0) is 6.42 Å². The lowest BCUT2D eigenvalue weighted by atomic mass is 9.99. The second-order valence-corrected chi connectivity index (χ2v) is 3.37. The van der Waals surface area contributed by atoms with Crippen molar-refractivity contribution in [3.63, 3.8) is 0 Å². The number of Topliss-reactive ketones (excluding diaryl/α,β-unsaturated/α-hetero) is 1. The number of carbonyl (C=O) groups is 2. The number of rotatable bonds is 3. The number of amides is 1. The maximum atomic E-state index is 11.1. The van der Waals surface area contributed by atoms with Crippen molar-refractivity contribution in [1.82, 2.24) is 5.32 Å². The van der Waals surface area contributed by atoms with E-state index in [-0.39, 0.29) is 17.9 Å². The lowest BCUT2D eigenvalue weighted by Gasteiger charge is -2.28. The van der Waals surface area contributed by atoms with Gasteiger partial charge in [0, 0.05) is 12.8 Å². The van der Waals surface area contributed by atoms with Gasteiger partial charge >= 0.3 is 6.09 Å². The number of nitrogens with one attached hydrogen (secondary N) is 1. The number of hydrogen-bond acceptors (Lipinski definition) is 3. The van der Waals surface area contributed by atoms with Crippen LogP contribution in [0.3, 0.4) is 0 Å². The van der Waals surface area contributed by atoms with Crippen LogP contribution in [0.15, 0.2) is 0 Å². The van der Waals surface area contributed by atoms with Crippen LogP contribution in [0.1, 0.15) is 26.2 Å². The van der Waals surface area contributed by atoms with E-state index in [2.05, 4.69) is 5.32 Å². The average Bonchev–Trinajstić information content (AvgIpc) is 2.14. The summed E-state index contributed by atoms with van der Waals surface area (Å²) in [5, 5.41) is 10.9. The molecule has 80 valence electrons. The highest BCUT2D eigenvalue weighted by Crippen LogP contribution is 2.15. The van der Waals surface area contributed by atoms with E-state index < -0.39 is 6.09 Å². The molecule has 0 aromatic heterocycles. The normalized spacial score (nSPS) is 24.4. The maximum Gasteiger partial charge on any atom is 0.404 e. The van der Waals surface area contributed by atoms with E-state index in [1.165, 1.54) is 0 Å². The highest BCUT2D eigenvalue weighted by atomic mass is 16.5. The summed E-state index contributed by atoms with van der Waals surface area (Å²) in [4.78, 5) is 21.6. The van der Waals surface area contributed by atoms with Crippen LogP contribution in [0.4, 0.5) is 4.79 Å². The Bertz CT molecular complexity index is 227. The molecule has 1 aliphatic heterocycles. The van der Waals surface area contributed by atoms with Gasteiger partial charge in [0.15, 0.2) is 0 Å². The van der Waals surface area contributed by atoms with Crippen LogP contribution in [-0.2, 0) is 9.53 Å². The molecule has 2 N–H and O–H groups in total. The van der Waals surface area contributed by atoms with Crippen LogP contribution in [-0.4, -0.2) is 35.7 Å². The fourth-order valence-electron chi connectivity index (χ4n) is 1.58. The fraction of sp³-hybridized carbons (Fsp3) is 0.778. The lowest BCUT2D eigenvalue weighted by Crippen LogP contribution is -2.46. The van der Waals surface area contributed by atoms with Gasteiger partial charge in [-0.1, -0.05) is 6.92 Å². The summed E-state index contributed by atoms with van der Waals surface area (Å²) in [6.07, 6.45) is 0.0269. The first-order valence-corrected chi connectivity index (χ1v) is 4.76. The predicted molar refractivity (Wildman–Crippen MR) is 49.2 cm³/mol. The zero-order valence-electron chi connectivity index (χ0n) is 8.16. The highest BCUT2D eigenvalue weighted by Gasteiger charge is 2.27. The van der Waals surface area contributed by atoms with Crippen molar-refractivity contribution in [3.8, 4) is 0 Å². The zero-order valence-corrected chi connectivity index (χ0v) is 8.16. The summed E-state index contributed by atoms with van der Waals surface area (Å²) in [5.74, 6) is 0.145. The van der Waals surface area contributed by atoms with Crippen molar-refractivity contribution in [1.29, 1.82) is 0 Å². The van der Waals surface area contributed by atoms with E-state index in [4.69, 9.17) is 9.84 Å². The predicted octanol–water partition coefficient (Wildman–Crippen LogP) is 0.781. The van der Waals surface area contributed by atoms with Crippen molar-refractivity contribution in [3.05, 3.63) is 0 Å². The number of hydrogen-bond donors (Lipinski definition) is 2. The number of carbonyl (C=O) groups excluding carboxylic acids is 1. The molecule has 14 heavy (non-hydrogen) atoms. The van der Waals surface area contributed by atoms with Crippen LogP contribution < -0.4 is 5.32 Å². The first-order valence-electron chi connectivity index (χ1n) is 4.76. The van der Waals surface area contributed by atoms with Gasteiger partial charge in [-0.2, -0.15) is 0 Å². The molecule has 1 fully saturated rings. The minimum absolute atomic E-state index is 0.145. The first-order chi connectivity index (χ1) is 6.63. The molecular formula is C9H15NO4. The van der Waals surface area contributed by atoms with Crippen LogP contribution in [0.2, 0.25) is 0 Å². The van der Waals surface area contributed by atoms with E-state index in [0.29, 0.717) is 25.9 Å². The fourth-order valence-corrected chi connectivity index (χ4v) is 1.58. The number of carboxylic acid groups (broad SMARTS) is 1. The van der Waals surface area contributed by atoms with Crippen LogP contribution in [0, 0.1) is 0 Å². The molecule has 5 heteroatoms. The average molecular weight is 201 g/mol. The van der Waals surface area contributed by atoms with Gasteiger partial charge < -0.3 is 15.2 Å². The van der Waals surface area contributed by atoms with Crippen molar-refractivity contribution >= 4 is 11.9 Å². The number of ether oxygens (including phenoxy) is 1. The third kappa shape index (κ3) is 2.99. The van der Waals surface area contributed by atoms with Crippen LogP contribution in [0.25, 0.3) is 0 Å².